The van der Waals surface area contributed by atoms with Gasteiger partial charge in [-0.05, 0) is 105 Å². The Bertz CT molecular complexity index is 3300. The van der Waals surface area contributed by atoms with Crippen molar-refractivity contribution in [3.63, 3.8) is 0 Å². The van der Waals surface area contributed by atoms with Gasteiger partial charge in [0.1, 0.15) is 0 Å². The van der Waals surface area contributed by atoms with Gasteiger partial charge in [0, 0.05) is 18.6 Å². The minimum Gasteiger partial charge on any atom is -0.305 e. The molecule has 0 bridgehead atoms. The third kappa shape index (κ3) is 10.8. The molecule has 0 aliphatic carbocycles. The maximum absolute atomic E-state index is 9.67. The standard InChI is InChI=1S/C63H42N5.Ir/c64-42-48-36-49(43-65)40-55(39-48)50-26-28-51(29-27-50)60-41-54(63-13-5-8-34-68-63)30-31-59(60)58-10-2-1-9-57(58)56-37-46(16-14-44-18-22-52(23-19-44)61-11-3-6-32-66-61)35-47(38-56)17-15-45-20-24-53(25-21-45)62-12-4-7-33-67-62;/h1-13,18-22,24,26-29,31-41H,14-17H2;/q-3;+3. The summed E-state index contributed by atoms with van der Waals surface area (Å²) < 4.78 is 0. The van der Waals surface area contributed by atoms with E-state index < -0.39 is 0 Å². The molecule has 0 unspecified atom stereocenters. The summed E-state index contributed by atoms with van der Waals surface area (Å²) in [6.45, 7) is 0. The predicted molar refractivity (Wildman–Crippen MR) is 272 cm³/mol. The van der Waals surface area contributed by atoms with Gasteiger partial charge in [-0.3, -0.25) is 0 Å². The largest absolute Gasteiger partial charge is 3.00 e. The fourth-order valence-electron chi connectivity index (χ4n) is 8.73. The summed E-state index contributed by atoms with van der Waals surface area (Å²) in [6, 6.07) is 79.2. The number of benzene rings is 7. The summed E-state index contributed by atoms with van der Waals surface area (Å²) in [5, 5.41) is 19.3. The topological polar surface area (TPSA) is 86.2 Å². The first-order chi connectivity index (χ1) is 33.6. The van der Waals surface area contributed by atoms with Gasteiger partial charge >= 0.3 is 20.1 Å². The Morgan fingerprint density at radius 2 is 0.826 bits per heavy atom. The van der Waals surface area contributed by atoms with Crippen LogP contribution >= 0.6 is 0 Å². The summed E-state index contributed by atoms with van der Waals surface area (Å²) in [7, 11) is 0. The van der Waals surface area contributed by atoms with Crippen molar-refractivity contribution < 1.29 is 20.1 Å². The van der Waals surface area contributed by atoms with Crippen LogP contribution in [0.3, 0.4) is 0 Å². The molecule has 0 atom stereocenters. The van der Waals surface area contributed by atoms with E-state index in [9.17, 15) is 10.5 Å². The van der Waals surface area contributed by atoms with Gasteiger partial charge in [0.05, 0.1) is 23.3 Å². The maximum Gasteiger partial charge on any atom is 3.00 e. The van der Waals surface area contributed by atoms with E-state index in [-0.39, 0.29) is 20.1 Å². The summed E-state index contributed by atoms with van der Waals surface area (Å²) >= 11 is 0. The molecule has 6 heteroatoms. The molecular weight excluding hydrogens is 1020 g/mol. The Morgan fingerprint density at radius 1 is 0.348 bits per heavy atom. The fraction of sp³-hybridized carbons (Fsp3) is 0.0635. The third-order valence-electron chi connectivity index (χ3n) is 12.2. The molecule has 7 aromatic carbocycles. The van der Waals surface area contributed by atoms with E-state index in [0.29, 0.717) is 11.1 Å². The SMILES string of the molecule is N#Cc1cc(C#N)cc(-c2ccc(-c3cc(-c4ccccn4)[c-]cc3-c3ccccc3-c3cc(CCc4c[c-]c(-c5ccccn5)cc4)cc(CCc4c[c-]c(-c5ccccn5)cc4)c3)cc2)c1.[Ir+3]. The number of nitriles is 2. The van der Waals surface area contributed by atoms with Crippen molar-refractivity contribution in [3.8, 4) is 90.4 Å². The summed E-state index contributed by atoms with van der Waals surface area (Å²) in [6.07, 6.45) is 8.91. The quantitative estimate of drug-likeness (QED) is 0.107. The smallest absolute Gasteiger partial charge is 0.305 e. The van der Waals surface area contributed by atoms with Gasteiger partial charge in [0.15, 0.2) is 0 Å². The molecule has 0 radical (unpaired) electrons. The van der Waals surface area contributed by atoms with Crippen molar-refractivity contribution in [2.24, 2.45) is 0 Å². The van der Waals surface area contributed by atoms with Gasteiger partial charge in [0.2, 0.25) is 0 Å². The van der Waals surface area contributed by atoms with Gasteiger partial charge in [0.25, 0.3) is 0 Å². The van der Waals surface area contributed by atoms with Crippen LogP contribution in [0.1, 0.15) is 33.4 Å². The summed E-state index contributed by atoms with van der Waals surface area (Å²) in [4.78, 5) is 13.7. The van der Waals surface area contributed by atoms with E-state index in [0.717, 1.165) is 104 Å². The Balaban J connectivity index is 0.00000593. The second-order valence-corrected chi connectivity index (χ2v) is 16.7. The number of aromatic nitrogens is 3. The number of hydrogen-bond donors (Lipinski definition) is 0. The number of pyridine rings is 3. The molecule has 10 aromatic rings. The van der Waals surface area contributed by atoms with Gasteiger partial charge < -0.3 is 15.0 Å². The normalized spacial score (nSPS) is 10.7. The van der Waals surface area contributed by atoms with E-state index >= 15 is 0 Å². The Hall–Kier alpha value is -8.38. The average molecular weight is 1060 g/mol. The van der Waals surface area contributed by atoms with Crippen LogP contribution < -0.4 is 0 Å². The molecule has 0 spiro atoms. The Kier molecular flexibility index (Phi) is 14.3. The first-order valence-electron chi connectivity index (χ1n) is 22.7. The van der Waals surface area contributed by atoms with Crippen LogP contribution in [0.25, 0.3) is 78.3 Å². The van der Waals surface area contributed by atoms with E-state index in [4.69, 9.17) is 0 Å². The molecule has 0 saturated heterocycles. The van der Waals surface area contributed by atoms with Crippen molar-refractivity contribution in [1.82, 2.24) is 15.0 Å². The second-order valence-electron chi connectivity index (χ2n) is 16.7. The molecule has 3 aromatic heterocycles. The fourth-order valence-corrected chi connectivity index (χ4v) is 8.73. The van der Waals surface area contributed by atoms with Crippen LogP contribution in [0.5, 0.6) is 0 Å². The molecule has 0 N–H and O–H groups in total. The van der Waals surface area contributed by atoms with Crippen molar-refractivity contribution in [3.05, 3.63) is 258 Å². The van der Waals surface area contributed by atoms with E-state index in [1.165, 1.54) is 22.3 Å². The monoisotopic (exact) mass is 1060 g/mol. The molecule has 328 valence electrons. The number of rotatable bonds is 13. The zero-order chi connectivity index (χ0) is 46.1. The number of hydrogen-bond acceptors (Lipinski definition) is 5. The molecular formula is C63H42IrN5. The first kappa shape index (κ1) is 45.8. The van der Waals surface area contributed by atoms with E-state index in [2.05, 4.69) is 161 Å². The Labute approximate surface area is 417 Å². The predicted octanol–water partition coefficient (Wildman–Crippen LogP) is 14.3. The van der Waals surface area contributed by atoms with E-state index in [1.54, 1.807) is 12.3 Å². The van der Waals surface area contributed by atoms with Crippen LogP contribution in [-0.4, -0.2) is 15.0 Å². The molecule has 10 rings (SSSR count). The van der Waals surface area contributed by atoms with Gasteiger partial charge in [-0.15, -0.1) is 94.5 Å². The van der Waals surface area contributed by atoms with Gasteiger partial charge in [-0.1, -0.05) is 133 Å². The first-order valence-corrected chi connectivity index (χ1v) is 22.7. The van der Waals surface area contributed by atoms with Crippen LogP contribution in [0.15, 0.2) is 207 Å². The molecule has 0 saturated carbocycles. The van der Waals surface area contributed by atoms with E-state index in [1.807, 2.05) is 79.1 Å². The van der Waals surface area contributed by atoms with Crippen LogP contribution in [0.4, 0.5) is 0 Å². The molecule has 69 heavy (non-hydrogen) atoms. The molecule has 5 nitrogen and oxygen atoms in total. The van der Waals surface area contributed by atoms with Crippen molar-refractivity contribution in [2.75, 3.05) is 0 Å². The average Bonchev–Trinajstić information content (AvgIpc) is 3.42. The summed E-state index contributed by atoms with van der Waals surface area (Å²) in [5.41, 5.74) is 19.7. The van der Waals surface area contributed by atoms with Gasteiger partial charge in [-0.2, -0.15) is 10.5 Å². The van der Waals surface area contributed by atoms with Crippen LogP contribution in [-0.2, 0) is 45.8 Å². The minimum atomic E-state index is 0. The molecule has 3 heterocycles. The molecule has 0 aliphatic rings. The van der Waals surface area contributed by atoms with Crippen LogP contribution in [0.2, 0.25) is 0 Å². The van der Waals surface area contributed by atoms with Crippen molar-refractivity contribution in [1.29, 1.82) is 10.5 Å². The zero-order valence-corrected chi connectivity index (χ0v) is 39.9. The second kappa shape index (κ2) is 21.5. The minimum absolute atomic E-state index is 0. The Morgan fingerprint density at radius 3 is 1.32 bits per heavy atom. The van der Waals surface area contributed by atoms with Gasteiger partial charge in [-0.25, -0.2) is 0 Å². The number of aryl methyl sites for hydroxylation is 4. The van der Waals surface area contributed by atoms with Crippen molar-refractivity contribution >= 4 is 0 Å². The molecule has 0 amide bonds. The van der Waals surface area contributed by atoms with Crippen molar-refractivity contribution in [2.45, 2.75) is 25.7 Å². The number of nitrogens with zero attached hydrogens (tertiary/aromatic N) is 5. The van der Waals surface area contributed by atoms with Crippen LogP contribution in [0, 0.1) is 40.9 Å². The molecule has 0 fully saturated rings. The third-order valence-corrected chi connectivity index (χ3v) is 12.2. The molecule has 0 aliphatic heterocycles. The maximum atomic E-state index is 9.67. The summed E-state index contributed by atoms with van der Waals surface area (Å²) in [5.74, 6) is 0. The zero-order valence-electron chi connectivity index (χ0n) is 37.5.